The SMILES string of the molecule is CCCS(=O)(=O)NC(C)C(=O)O. The number of aliphatic carboxylic acids is 1. The number of rotatable bonds is 5. The van der Waals surface area contributed by atoms with E-state index in [9.17, 15) is 13.2 Å². The molecule has 0 fully saturated rings. The first-order valence-electron chi connectivity index (χ1n) is 3.62. The topological polar surface area (TPSA) is 83.5 Å². The Morgan fingerprint density at radius 1 is 1.58 bits per heavy atom. The molecule has 5 nitrogen and oxygen atoms in total. The first-order valence-corrected chi connectivity index (χ1v) is 5.27. The van der Waals surface area contributed by atoms with Crippen molar-refractivity contribution in [3.05, 3.63) is 0 Å². The van der Waals surface area contributed by atoms with Crippen molar-refractivity contribution in [3.63, 3.8) is 0 Å². The fourth-order valence-corrected chi connectivity index (χ4v) is 1.94. The molecule has 0 heterocycles. The lowest BCUT2D eigenvalue weighted by atomic mass is 10.4. The van der Waals surface area contributed by atoms with Crippen molar-refractivity contribution in [2.75, 3.05) is 5.75 Å². The van der Waals surface area contributed by atoms with Crippen LogP contribution in [0.5, 0.6) is 0 Å². The molecule has 1 atom stereocenters. The van der Waals surface area contributed by atoms with E-state index in [4.69, 9.17) is 5.11 Å². The van der Waals surface area contributed by atoms with Gasteiger partial charge in [-0.25, -0.2) is 13.1 Å². The first kappa shape index (κ1) is 11.4. The van der Waals surface area contributed by atoms with Gasteiger partial charge in [0, 0.05) is 0 Å². The molecule has 72 valence electrons. The lowest BCUT2D eigenvalue weighted by molar-refractivity contribution is -0.138. The van der Waals surface area contributed by atoms with Crippen LogP contribution in [0.2, 0.25) is 0 Å². The second-order valence-corrected chi connectivity index (χ2v) is 4.37. The first-order chi connectivity index (χ1) is 5.39. The third-order valence-corrected chi connectivity index (χ3v) is 2.86. The van der Waals surface area contributed by atoms with E-state index in [-0.39, 0.29) is 5.75 Å². The molecule has 0 amide bonds. The summed E-state index contributed by atoms with van der Waals surface area (Å²) in [4.78, 5) is 10.3. The monoisotopic (exact) mass is 195 g/mol. The molecule has 0 aliphatic rings. The molecule has 0 bridgehead atoms. The van der Waals surface area contributed by atoms with E-state index in [1.54, 1.807) is 6.92 Å². The Balaban J connectivity index is 4.16. The highest BCUT2D eigenvalue weighted by Gasteiger charge is 2.17. The Morgan fingerprint density at radius 2 is 2.08 bits per heavy atom. The quantitative estimate of drug-likeness (QED) is 0.635. The summed E-state index contributed by atoms with van der Waals surface area (Å²) in [5, 5.41) is 8.39. The van der Waals surface area contributed by atoms with Crippen LogP contribution in [0.4, 0.5) is 0 Å². The molecule has 0 aromatic rings. The Bertz CT molecular complexity index is 246. The van der Waals surface area contributed by atoms with Gasteiger partial charge in [-0.15, -0.1) is 0 Å². The molecule has 12 heavy (non-hydrogen) atoms. The minimum absolute atomic E-state index is 0.0371. The highest BCUT2D eigenvalue weighted by Crippen LogP contribution is 1.91. The van der Waals surface area contributed by atoms with Crippen molar-refractivity contribution < 1.29 is 18.3 Å². The van der Waals surface area contributed by atoms with Crippen molar-refractivity contribution in [2.45, 2.75) is 26.3 Å². The molecule has 2 N–H and O–H groups in total. The molecular formula is C6H13NO4S. The second-order valence-electron chi connectivity index (χ2n) is 2.50. The molecule has 0 aliphatic carbocycles. The second kappa shape index (κ2) is 4.42. The minimum Gasteiger partial charge on any atom is -0.480 e. The van der Waals surface area contributed by atoms with E-state index in [1.807, 2.05) is 4.72 Å². The zero-order valence-electron chi connectivity index (χ0n) is 7.07. The fourth-order valence-electron chi connectivity index (χ4n) is 0.647. The molecule has 0 aliphatic heterocycles. The maximum Gasteiger partial charge on any atom is 0.321 e. The maximum atomic E-state index is 11.0. The number of hydrogen-bond acceptors (Lipinski definition) is 3. The third kappa shape index (κ3) is 4.30. The molecule has 1 unspecified atom stereocenters. The van der Waals surface area contributed by atoms with Gasteiger partial charge in [-0.1, -0.05) is 6.92 Å². The van der Waals surface area contributed by atoms with Gasteiger partial charge in [-0.3, -0.25) is 4.79 Å². The van der Waals surface area contributed by atoms with E-state index in [1.165, 1.54) is 6.92 Å². The van der Waals surface area contributed by atoms with Gasteiger partial charge < -0.3 is 5.11 Å². The molecule has 0 saturated carbocycles. The Kier molecular flexibility index (Phi) is 4.19. The number of carboxylic acids is 1. The van der Waals surface area contributed by atoms with E-state index < -0.39 is 22.0 Å². The van der Waals surface area contributed by atoms with Crippen molar-refractivity contribution in [1.29, 1.82) is 0 Å². The van der Waals surface area contributed by atoms with Crippen LogP contribution in [0.3, 0.4) is 0 Å². The van der Waals surface area contributed by atoms with E-state index in [2.05, 4.69) is 0 Å². The summed E-state index contributed by atoms with van der Waals surface area (Å²) in [5.41, 5.74) is 0. The van der Waals surface area contributed by atoms with Crippen LogP contribution in [0.15, 0.2) is 0 Å². The molecule has 0 aromatic heterocycles. The number of hydrogen-bond donors (Lipinski definition) is 2. The van der Waals surface area contributed by atoms with E-state index in [0.29, 0.717) is 6.42 Å². The number of carboxylic acid groups (broad SMARTS) is 1. The van der Waals surface area contributed by atoms with Gasteiger partial charge >= 0.3 is 5.97 Å². The fraction of sp³-hybridized carbons (Fsp3) is 0.833. The standard InChI is InChI=1S/C6H13NO4S/c1-3-4-12(10,11)7-5(2)6(8)9/h5,7H,3-4H2,1-2H3,(H,8,9). The molecule has 0 radical (unpaired) electrons. The Labute approximate surface area is 71.8 Å². The van der Waals surface area contributed by atoms with Crippen molar-refractivity contribution >= 4 is 16.0 Å². The smallest absolute Gasteiger partial charge is 0.321 e. The molecule has 0 saturated heterocycles. The van der Waals surface area contributed by atoms with Crippen molar-refractivity contribution in [2.24, 2.45) is 0 Å². The van der Waals surface area contributed by atoms with Crippen molar-refractivity contribution in [3.8, 4) is 0 Å². The lowest BCUT2D eigenvalue weighted by Crippen LogP contribution is -2.39. The van der Waals surface area contributed by atoms with Gasteiger partial charge in [0.1, 0.15) is 6.04 Å². The van der Waals surface area contributed by atoms with Crippen LogP contribution >= 0.6 is 0 Å². The maximum absolute atomic E-state index is 11.0. The molecule has 6 heteroatoms. The summed E-state index contributed by atoms with van der Waals surface area (Å²) in [6.07, 6.45) is 0.474. The molecule has 0 aromatic carbocycles. The lowest BCUT2D eigenvalue weighted by Gasteiger charge is -2.08. The largest absolute Gasteiger partial charge is 0.480 e. The summed E-state index contributed by atoms with van der Waals surface area (Å²) < 4.78 is 24.0. The summed E-state index contributed by atoms with van der Waals surface area (Å²) in [5.74, 6) is -1.21. The average Bonchev–Trinajstić information content (AvgIpc) is 1.85. The molecular weight excluding hydrogens is 182 g/mol. The third-order valence-electron chi connectivity index (χ3n) is 1.20. The Hall–Kier alpha value is -0.620. The number of sulfonamides is 1. The van der Waals surface area contributed by atoms with Crippen LogP contribution in [-0.4, -0.2) is 31.3 Å². The van der Waals surface area contributed by atoms with Crippen LogP contribution in [0.1, 0.15) is 20.3 Å². The predicted molar refractivity (Wildman–Crippen MR) is 44.3 cm³/mol. The van der Waals surface area contributed by atoms with Gasteiger partial charge in [0.25, 0.3) is 0 Å². The molecule has 0 spiro atoms. The normalized spacial score (nSPS) is 14.2. The summed E-state index contributed by atoms with van der Waals surface area (Å²) >= 11 is 0. The Morgan fingerprint density at radius 3 is 2.42 bits per heavy atom. The van der Waals surface area contributed by atoms with Crippen LogP contribution in [0.25, 0.3) is 0 Å². The van der Waals surface area contributed by atoms with Crippen molar-refractivity contribution in [1.82, 2.24) is 4.72 Å². The van der Waals surface area contributed by atoms with Gasteiger partial charge in [-0.2, -0.15) is 0 Å². The van der Waals surface area contributed by atoms with Gasteiger partial charge in [0.2, 0.25) is 10.0 Å². The minimum atomic E-state index is -3.41. The zero-order valence-corrected chi connectivity index (χ0v) is 7.89. The zero-order chi connectivity index (χ0) is 9.78. The highest BCUT2D eigenvalue weighted by atomic mass is 32.2. The predicted octanol–water partition coefficient (Wildman–Crippen LogP) is -0.211. The van der Waals surface area contributed by atoms with Crippen LogP contribution in [0, 0.1) is 0 Å². The summed E-state index contributed by atoms with van der Waals surface area (Å²) in [7, 11) is -3.41. The van der Waals surface area contributed by atoms with E-state index in [0.717, 1.165) is 0 Å². The molecule has 0 rings (SSSR count). The van der Waals surface area contributed by atoms with Gasteiger partial charge in [0.15, 0.2) is 0 Å². The average molecular weight is 195 g/mol. The summed E-state index contributed by atoms with van der Waals surface area (Å²) in [6.45, 7) is 3.00. The van der Waals surface area contributed by atoms with E-state index >= 15 is 0 Å². The number of carbonyl (C=O) groups is 1. The van der Waals surface area contributed by atoms with Crippen LogP contribution in [-0.2, 0) is 14.8 Å². The van der Waals surface area contributed by atoms with Gasteiger partial charge in [0.05, 0.1) is 5.75 Å². The number of nitrogens with one attached hydrogen (secondary N) is 1. The van der Waals surface area contributed by atoms with Crippen LogP contribution < -0.4 is 4.72 Å². The van der Waals surface area contributed by atoms with Gasteiger partial charge in [-0.05, 0) is 13.3 Å². The summed E-state index contributed by atoms with van der Waals surface area (Å²) in [6, 6.07) is -1.05. The highest BCUT2D eigenvalue weighted by molar-refractivity contribution is 7.89.